The molecule has 0 aliphatic carbocycles. The fourth-order valence-corrected chi connectivity index (χ4v) is 3.78. The highest BCUT2D eigenvalue weighted by atomic mass is 35.5. The monoisotopic (exact) mass is 390 g/mol. The van der Waals surface area contributed by atoms with E-state index in [1.165, 1.54) is 16.8 Å². The van der Waals surface area contributed by atoms with Gasteiger partial charge in [0.25, 0.3) is 5.56 Å². The van der Waals surface area contributed by atoms with Gasteiger partial charge in [-0.25, -0.2) is 4.79 Å². The Kier molecular flexibility index (Phi) is 5.43. The highest BCUT2D eigenvalue weighted by Crippen LogP contribution is 2.43. The zero-order valence-electron chi connectivity index (χ0n) is 15.5. The summed E-state index contributed by atoms with van der Waals surface area (Å²) >= 11 is 6.49. The van der Waals surface area contributed by atoms with Crippen molar-refractivity contribution in [2.24, 2.45) is 0 Å². The molecule has 0 unspecified atom stereocenters. The average Bonchev–Trinajstić information content (AvgIpc) is 2.67. The summed E-state index contributed by atoms with van der Waals surface area (Å²) in [4.78, 5) is 24.2. The number of halogens is 1. The van der Waals surface area contributed by atoms with E-state index in [1.54, 1.807) is 6.92 Å². The maximum absolute atomic E-state index is 12.0. The highest BCUT2D eigenvalue weighted by molar-refractivity contribution is 6.74. The first kappa shape index (κ1) is 20.4. The quantitative estimate of drug-likeness (QED) is 0.604. The summed E-state index contributed by atoms with van der Waals surface area (Å²) in [6, 6.07) is 1.21. The highest BCUT2D eigenvalue weighted by Gasteiger charge is 2.54. The number of rotatable bonds is 4. The van der Waals surface area contributed by atoms with Gasteiger partial charge in [-0.05, 0) is 25.1 Å². The van der Waals surface area contributed by atoms with Crippen molar-refractivity contribution in [3.63, 3.8) is 0 Å². The molecule has 0 radical (unpaired) electrons. The van der Waals surface area contributed by atoms with Crippen LogP contribution in [0.25, 0.3) is 0 Å². The van der Waals surface area contributed by atoms with E-state index in [2.05, 4.69) is 38.8 Å². The third kappa shape index (κ3) is 3.93. The van der Waals surface area contributed by atoms with Crippen molar-refractivity contribution in [2.45, 2.75) is 69.1 Å². The summed E-state index contributed by atoms with van der Waals surface area (Å²) in [5, 5.41) is 10.6. The first-order chi connectivity index (χ1) is 11.3. The van der Waals surface area contributed by atoms with Gasteiger partial charge in [0.05, 0.1) is 6.61 Å². The fourth-order valence-electron chi connectivity index (χ4n) is 2.47. The Hall–Kier alpha value is -0.933. The Morgan fingerprint density at radius 2 is 2.04 bits per heavy atom. The van der Waals surface area contributed by atoms with Crippen molar-refractivity contribution in [1.82, 2.24) is 9.55 Å². The molecule has 4 atom stereocenters. The number of hydrogen-bond acceptors (Lipinski definition) is 5. The number of nitrogens with zero attached hydrogens (tertiary/aromatic N) is 1. The zero-order valence-corrected chi connectivity index (χ0v) is 17.3. The van der Waals surface area contributed by atoms with E-state index >= 15 is 0 Å². The summed E-state index contributed by atoms with van der Waals surface area (Å²) in [7, 11) is -2.02. The molecule has 0 bridgehead atoms. The summed E-state index contributed by atoms with van der Waals surface area (Å²) in [6.07, 6.45) is -1.29. The molecule has 1 aromatic heterocycles. The van der Waals surface area contributed by atoms with E-state index in [4.69, 9.17) is 20.8 Å². The van der Waals surface area contributed by atoms with Gasteiger partial charge < -0.3 is 14.3 Å². The molecule has 25 heavy (non-hydrogen) atoms. The molecule has 0 spiro atoms. The molecule has 2 heterocycles. The number of nitrogens with one attached hydrogen (secondary N) is 1. The lowest BCUT2D eigenvalue weighted by Gasteiger charge is -2.37. The molecule has 0 saturated carbocycles. The molecule has 1 aliphatic heterocycles. The largest absolute Gasteiger partial charge is 0.414 e. The average molecular weight is 391 g/mol. The molecule has 2 N–H and O–H groups in total. The lowest BCUT2D eigenvalue weighted by molar-refractivity contribution is -0.0444. The van der Waals surface area contributed by atoms with Gasteiger partial charge in [0.2, 0.25) is 0 Å². The normalized spacial score (nSPS) is 30.6. The minimum atomic E-state index is -2.02. The molecule has 1 saturated heterocycles. The van der Waals surface area contributed by atoms with Gasteiger partial charge in [0.15, 0.2) is 14.5 Å². The van der Waals surface area contributed by atoms with Crippen LogP contribution in [0.5, 0.6) is 0 Å². The third-order valence-electron chi connectivity index (χ3n) is 5.24. The number of alkyl halides is 1. The molecule has 1 aliphatic rings. The second kappa shape index (κ2) is 6.66. The molecular weight excluding hydrogens is 364 g/mol. The predicted octanol–water partition coefficient (Wildman–Crippen LogP) is 1.81. The molecule has 0 aromatic carbocycles. The molecular formula is C16H27ClN2O5Si. The number of H-pyrrole nitrogens is 1. The topological polar surface area (TPSA) is 93.5 Å². The molecule has 2 rings (SSSR count). The number of hydrogen-bond donors (Lipinski definition) is 2. The molecule has 9 heteroatoms. The van der Waals surface area contributed by atoms with Gasteiger partial charge in [-0.1, -0.05) is 20.8 Å². The second-order valence-electron chi connectivity index (χ2n) is 8.21. The molecule has 142 valence electrons. The van der Waals surface area contributed by atoms with Gasteiger partial charge >= 0.3 is 5.69 Å². The van der Waals surface area contributed by atoms with Crippen LogP contribution in [-0.4, -0.2) is 46.7 Å². The molecule has 1 aromatic rings. The zero-order chi connectivity index (χ0) is 19.2. The van der Waals surface area contributed by atoms with E-state index in [-0.39, 0.29) is 11.6 Å². The SMILES string of the molecule is CC(C)(C)[Si](C)(C)OC[C@H]1O[C@@H](n2ccc(=O)[nH]c2=O)[C@](C)(Cl)[C@@H]1O. The molecule has 0 amide bonds. The number of aliphatic hydroxyl groups is 1. The Labute approximate surface area is 153 Å². The van der Waals surface area contributed by atoms with Crippen LogP contribution >= 0.6 is 11.6 Å². The van der Waals surface area contributed by atoms with Crippen LogP contribution in [0.3, 0.4) is 0 Å². The van der Waals surface area contributed by atoms with Crippen molar-refractivity contribution in [2.75, 3.05) is 6.61 Å². The molecule has 7 nitrogen and oxygen atoms in total. The van der Waals surface area contributed by atoms with Crippen LogP contribution in [0.4, 0.5) is 0 Å². The number of aliphatic hydroxyl groups excluding tert-OH is 1. The van der Waals surface area contributed by atoms with Crippen molar-refractivity contribution < 1.29 is 14.3 Å². The van der Waals surface area contributed by atoms with Gasteiger partial charge in [-0.2, -0.15) is 0 Å². The third-order valence-corrected chi connectivity index (χ3v) is 10.1. The minimum Gasteiger partial charge on any atom is -0.414 e. The van der Waals surface area contributed by atoms with Crippen LogP contribution in [-0.2, 0) is 9.16 Å². The second-order valence-corrected chi connectivity index (χ2v) is 13.8. The van der Waals surface area contributed by atoms with Gasteiger partial charge in [-0.15, -0.1) is 11.6 Å². The van der Waals surface area contributed by atoms with Crippen LogP contribution in [0.15, 0.2) is 21.9 Å². The van der Waals surface area contributed by atoms with E-state index < -0.39 is 42.9 Å². The van der Waals surface area contributed by atoms with Gasteiger partial charge in [-0.3, -0.25) is 14.3 Å². The van der Waals surface area contributed by atoms with Crippen LogP contribution in [0.2, 0.25) is 18.1 Å². The summed E-state index contributed by atoms with van der Waals surface area (Å²) < 4.78 is 13.2. The number of aromatic nitrogens is 2. The van der Waals surface area contributed by atoms with E-state index in [1.807, 2.05) is 0 Å². The van der Waals surface area contributed by atoms with Crippen LogP contribution < -0.4 is 11.2 Å². The Balaban J connectivity index is 2.22. The lowest BCUT2D eigenvalue weighted by Crippen LogP contribution is -2.46. The Bertz CT molecular complexity index is 737. The maximum atomic E-state index is 12.0. The van der Waals surface area contributed by atoms with Crippen molar-refractivity contribution in [3.8, 4) is 0 Å². The fraction of sp³-hybridized carbons (Fsp3) is 0.750. The number of ether oxygens (including phenoxy) is 1. The summed E-state index contributed by atoms with van der Waals surface area (Å²) in [6.45, 7) is 12.4. The van der Waals surface area contributed by atoms with E-state index in [0.29, 0.717) is 0 Å². The maximum Gasteiger partial charge on any atom is 0.330 e. The lowest BCUT2D eigenvalue weighted by atomic mass is 10.0. The smallest absolute Gasteiger partial charge is 0.330 e. The minimum absolute atomic E-state index is 0.0239. The standard InChI is InChI=1S/C16H27ClN2O5Si/c1-15(2,3)25(5,6)23-9-10-12(21)16(4,17)13(24-10)19-8-7-11(20)18-14(19)22/h7-8,10,12-13,21H,9H2,1-6H3,(H,18,20,22)/t10-,12-,13-,16-/m1/s1. The van der Waals surface area contributed by atoms with Crippen LogP contribution in [0.1, 0.15) is 33.9 Å². The van der Waals surface area contributed by atoms with E-state index in [0.717, 1.165) is 0 Å². The van der Waals surface area contributed by atoms with Gasteiger partial charge in [0.1, 0.15) is 17.1 Å². The predicted molar refractivity (Wildman–Crippen MR) is 98.6 cm³/mol. The van der Waals surface area contributed by atoms with Crippen molar-refractivity contribution in [3.05, 3.63) is 33.1 Å². The summed E-state index contributed by atoms with van der Waals surface area (Å²) in [5.41, 5.74) is -1.14. The van der Waals surface area contributed by atoms with E-state index in [9.17, 15) is 14.7 Å². The van der Waals surface area contributed by atoms with Crippen LogP contribution in [0, 0.1) is 0 Å². The Morgan fingerprint density at radius 1 is 1.44 bits per heavy atom. The summed E-state index contributed by atoms with van der Waals surface area (Å²) in [5.74, 6) is 0. The van der Waals surface area contributed by atoms with Crippen molar-refractivity contribution in [1.29, 1.82) is 0 Å². The van der Waals surface area contributed by atoms with Gasteiger partial charge in [0, 0.05) is 12.3 Å². The number of aromatic amines is 1. The van der Waals surface area contributed by atoms with Crippen molar-refractivity contribution >= 4 is 19.9 Å². The first-order valence-corrected chi connectivity index (χ1v) is 11.5. The first-order valence-electron chi connectivity index (χ1n) is 8.25. The molecule has 1 fully saturated rings. The Morgan fingerprint density at radius 3 is 2.56 bits per heavy atom.